The zero-order valence-electron chi connectivity index (χ0n) is 10.2. The molecule has 1 fully saturated rings. The molecule has 3 N–H and O–H groups in total. The highest BCUT2D eigenvalue weighted by molar-refractivity contribution is 5.13. The molecule has 1 saturated heterocycles. The average molecular weight is 222 g/mol. The number of hydrogen-bond donors (Lipinski definition) is 2. The molecule has 0 amide bonds. The molecule has 0 aromatic carbocycles. The van der Waals surface area contributed by atoms with Crippen molar-refractivity contribution in [3.05, 3.63) is 18.0 Å². The van der Waals surface area contributed by atoms with E-state index in [9.17, 15) is 0 Å². The first-order chi connectivity index (χ1) is 7.74. The van der Waals surface area contributed by atoms with Crippen LogP contribution >= 0.6 is 0 Å². The Bertz CT molecular complexity index is 334. The number of aryl methyl sites for hydroxylation is 1. The molecule has 4 nitrogen and oxygen atoms in total. The van der Waals surface area contributed by atoms with Gasteiger partial charge in [0.2, 0.25) is 0 Å². The van der Waals surface area contributed by atoms with E-state index in [2.05, 4.69) is 30.5 Å². The van der Waals surface area contributed by atoms with Crippen LogP contribution in [0.2, 0.25) is 0 Å². The molecule has 90 valence electrons. The van der Waals surface area contributed by atoms with Gasteiger partial charge in [0.25, 0.3) is 0 Å². The van der Waals surface area contributed by atoms with E-state index in [-0.39, 0.29) is 0 Å². The fourth-order valence-corrected chi connectivity index (χ4v) is 2.49. The van der Waals surface area contributed by atoms with Crippen LogP contribution in [0.1, 0.15) is 38.3 Å². The molecule has 0 bridgehead atoms. The predicted octanol–water partition coefficient (Wildman–Crippen LogP) is 1.29. The third-order valence-electron chi connectivity index (χ3n) is 3.55. The Balaban J connectivity index is 2.15. The zero-order valence-corrected chi connectivity index (χ0v) is 10.2. The van der Waals surface area contributed by atoms with E-state index in [0.717, 1.165) is 13.1 Å². The minimum absolute atomic E-state index is 0.383. The van der Waals surface area contributed by atoms with E-state index in [4.69, 9.17) is 5.73 Å². The van der Waals surface area contributed by atoms with Gasteiger partial charge in [-0.25, -0.2) is 0 Å². The van der Waals surface area contributed by atoms with Crippen molar-refractivity contribution < 1.29 is 0 Å². The molecule has 0 spiro atoms. The van der Waals surface area contributed by atoms with Crippen LogP contribution in [-0.4, -0.2) is 22.4 Å². The fraction of sp³-hybridized carbons (Fsp3) is 0.750. The monoisotopic (exact) mass is 222 g/mol. The van der Waals surface area contributed by atoms with Gasteiger partial charge in [0.1, 0.15) is 0 Å². The number of nitrogens with zero attached hydrogens (tertiary/aromatic N) is 2. The molecule has 3 unspecified atom stereocenters. The quantitative estimate of drug-likeness (QED) is 0.810. The Hall–Kier alpha value is -0.870. The molecule has 1 aliphatic heterocycles. The lowest BCUT2D eigenvalue weighted by Crippen LogP contribution is -2.42. The summed E-state index contributed by atoms with van der Waals surface area (Å²) in [5.74, 6) is 0.547. The Morgan fingerprint density at radius 2 is 2.38 bits per heavy atom. The highest BCUT2D eigenvalue weighted by Crippen LogP contribution is 2.30. The zero-order chi connectivity index (χ0) is 11.5. The van der Waals surface area contributed by atoms with Crippen LogP contribution in [0.3, 0.4) is 0 Å². The Labute approximate surface area is 97.2 Å². The first-order valence-corrected chi connectivity index (χ1v) is 6.23. The maximum Gasteiger partial charge on any atom is 0.0537 e. The van der Waals surface area contributed by atoms with Crippen molar-refractivity contribution in [2.24, 2.45) is 11.7 Å². The van der Waals surface area contributed by atoms with Crippen molar-refractivity contribution in [2.45, 2.75) is 45.3 Å². The van der Waals surface area contributed by atoms with Gasteiger partial charge in [-0.1, -0.05) is 0 Å². The van der Waals surface area contributed by atoms with Crippen LogP contribution in [0.5, 0.6) is 0 Å². The summed E-state index contributed by atoms with van der Waals surface area (Å²) in [5, 5.41) is 7.98. The lowest BCUT2D eigenvalue weighted by molar-refractivity contribution is 0.246. The van der Waals surface area contributed by atoms with Crippen LogP contribution in [0, 0.1) is 5.92 Å². The van der Waals surface area contributed by atoms with Crippen molar-refractivity contribution in [2.75, 3.05) is 6.54 Å². The largest absolute Gasteiger partial charge is 0.330 e. The highest BCUT2D eigenvalue weighted by atomic mass is 15.3. The van der Waals surface area contributed by atoms with Gasteiger partial charge in [-0.15, -0.1) is 0 Å². The van der Waals surface area contributed by atoms with E-state index in [1.807, 2.05) is 10.9 Å². The van der Waals surface area contributed by atoms with Crippen LogP contribution < -0.4 is 11.1 Å². The summed E-state index contributed by atoms with van der Waals surface area (Å²) < 4.78 is 1.98. The summed E-state index contributed by atoms with van der Waals surface area (Å²) >= 11 is 0. The molecular weight excluding hydrogens is 200 g/mol. The second-order valence-corrected chi connectivity index (χ2v) is 4.75. The van der Waals surface area contributed by atoms with Crippen LogP contribution in [0.4, 0.5) is 0 Å². The fourth-order valence-electron chi connectivity index (χ4n) is 2.49. The maximum atomic E-state index is 5.85. The second-order valence-electron chi connectivity index (χ2n) is 4.75. The van der Waals surface area contributed by atoms with Gasteiger partial charge < -0.3 is 11.1 Å². The van der Waals surface area contributed by atoms with Crippen molar-refractivity contribution >= 4 is 0 Å². The van der Waals surface area contributed by atoms with E-state index < -0.39 is 0 Å². The number of aromatic nitrogens is 2. The molecule has 3 atom stereocenters. The standard InChI is InChI=1S/C12H22N4/c1-3-16-8-11(7-14-16)12-10(6-13)5-4-9(2)15-12/h7-10,12,15H,3-6,13H2,1-2H3. The SMILES string of the molecule is CCn1cc(C2NC(C)CCC2CN)cn1. The van der Waals surface area contributed by atoms with Crippen LogP contribution in [-0.2, 0) is 6.54 Å². The molecule has 2 heterocycles. The predicted molar refractivity (Wildman–Crippen MR) is 65.0 cm³/mol. The molecular formula is C12H22N4. The van der Waals surface area contributed by atoms with Gasteiger partial charge in [0.05, 0.1) is 6.20 Å². The van der Waals surface area contributed by atoms with Gasteiger partial charge in [0.15, 0.2) is 0 Å². The van der Waals surface area contributed by atoms with Crippen LogP contribution in [0.15, 0.2) is 12.4 Å². The van der Waals surface area contributed by atoms with E-state index >= 15 is 0 Å². The molecule has 0 saturated carbocycles. The Morgan fingerprint density at radius 3 is 3.00 bits per heavy atom. The first kappa shape index (κ1) is 11.6. The van der Waals surface area contributed by atoms with E-state index in [0.29, 0.717) is 18.0 Å². The topological polar surface area (TPSA) is 55.9 Å². The van der Waals surface area contributed by atoms with Gasteiger partial charge in [-0.2, -0.15) is 5.10 Å². The van der Waals surface area contributed by atoms with Gasteiger partial charge in [-0.3, -0.25) is 4.68 Å². The highest BCUT2D eigenvalue weighted by Gasteiger charge is 2.28. The minimum Gasteiger partial charge on any atom is -0.330 e. The van der Waals surface area contributed by atoms with Gasteiger partial charge in [0, 0.05) is 30.4 Å². The molecule has 1 aromatic heterocycles. The van der Waals surface area contributed by atoms with Crippen molar-refractivity contribution in [3.63, 3.8) is 0 Å². The normalized spacial score (nSPS) is 30.6. The number of hydrogen-bond acceptors (Lipinski definition) is 3. The third kappa shape index (κ3) is 2.28. The first-order valence-electron chi connectivity index (χ1n) is 6.23. The van der Waals surface area contributed by atoms with E-state index in [1.54, 1.807) is 0 Å². The summed E-state index contributed by atoms with van der Waals surface area (Å²) in [6.45, 7) is 6.02. The summed E-state index contributed by atoms with van der Waals surface area (Å²) in [7, 11) is 0. The molecule has 0 radical (unpaired) electrons. The Kier molecular flexibility index (Phi) is 3.61. The van der Waals surface area contributed by atoms with Crippen molar-refractivity contribution in [3.8, 4) is 0 Å². The van der Waals surface area contributed by atoms with Crippen LogP contribution in [0.25, 0.3) is 0 Å². The number of nitrogens with one attached hydrogen (secondary N) is 1. The number of nitrogens with two attached hydrogens (primary N) is 1. The second kappa shape index (κ2) is 4.97. The smallest absolute Gasteiger partial charge is 0.0537 e. The third-order valence-corrected chi connectivity index (χ3v) is 3.55. The average Bonchev–Trinajstić information content (AvgIpc) is 2.77. The number of rotatable bonds is 3. The van der Waals surface area contributed by atoms with E-state index in [1.165, 1.54) is 18.4 Å². The molecule has 2 rings (SSSR count). The lowest BCUT2D eigenvalue weighted by Gasteiger charge is -2.35. The summed E-state index contributed by atoms with van der Waals surface area (Å²) in [5.41, 5.74) is 7.13. The van der Waals surface area contributed by atoms with Crippen molar-refractivity contribution in [1.29, 1.82) is 0 Å². The molecule has 4 heteroatoms. The number of piperidine rings is 1. The van der Waals surface area contributed by atoms with Gasteiger partial charge in [-0.05, 0) is 39.2 Å². The molecule has 1 aromatic rings. The molecule has 1 aliphatic rings. The molecule has 0 aliphatic carbocycles. The lowest BCUT2D eigenvalue weighted by atomic mass is 9.85. The Morgan fingerprint density at radius 1 is 1.56 bits per heavy atom. The molecule has 16 heavy (non-hydrogen) atoms. The van der Waals surface area contributed by atoms with Crippen molar-refractivity contribution in [1.82, 2.24) is 15.1 Å². The summed E-state index contributed by atoms with van der Waals surface area (Å²) in [4.78, 5) is 0. The minimum atomic E-state index is 0.383. The summed E-state index contributed by atoms with van der Waals surface area (Å²) in [6.07, 6.45) is 6.55. The maximum absolute atomic E-state index is 5.85. The van der Waals surface area contributed by atoms with Gasteiger partial charge >= 0.3 is 0 Å². The summed E-state index contributed by atoms with van der Waals surface area (Å²) in [6, 6.07) is 0.965.